The first-order chi connectivity index (χ1) is 9.52. The molecule has 2 rings (SSSR count). The van der Waals surface area contributed by atoms with Gasteiger partial charge in [-0.25, -0.2) is 9.59 Å². The zero-order valence-electron chi connectivity index (χ0n) is 11.8. The van der Waals surface area contributed by atoms with Gasteiger partial charge in [-0.1, -0.05) is 0 Å². The average Bonchev–Trinajstić information content (AvgIpc) is 2.44. The molecule has 2 fully saturated rings. The van der Waals surface area contributed by atoms with Crippen molar-refractivity contribution in [2.24, 2.45) is 5.92 Å². The topological polar surface area (TPSA) is 93.1 Å². The Morgan fingerprint density at radius 3 is 2.75 bits per heavy atom. The molecule has 3 N–H and O–H groups in total. The van der Waals surface area contributed by atoms with Crippen molar-refractivity contribution >= 4 is 12.0 Å². The van der Waals surface area contributed by atoms with Crippen molar-refractivity contribution in [3.63, 3.8) is 0 Å². The van der Waals surface area contributed by atoms with Gasteiger partial charge in [0.15, 0.2) is 6.04 Å². The fourth-order valence-corrected chi connectivity index (χ4v) is 3.26. The van der Waals surface area contributed by atoms with Crippen LogP contribution in [0.5, 0.6) is 0 Å². The van der Waals surface area contributed by atoms with Gasteiger partial charge in [0.1, 0.15) is 0 Å². The Hall–Kier alpha value is -1.34. The van der Waals surface area contributed by atoms with Crippen LogP contribution in [-0.2, 0) is 4.79 Å². The lowest BCUT2D eigenvalue weighted by atomic mass is 9.84. The number of piperidine rings is 2. The van der Waals surface area contributed by atoms with Gasteiger partial charge in [-0.05, 0) is 38.8 Å². The molecular weight excluding hydrogens is 262 g/mol. The van der Waals surface area contributed by atoms with Crippen molar-refractivity contribution in [2.45, 2.75) is 31.3 Å². The normalized spacial score (nSPS) is 28.6. The number of aliphatic carboxylic acids is 1. The molecule has 0 aromatic heterocycles. The minimum absolute atomic E-state index is 0.391. The third-order valence-electron chi connectivity index (χ3n) is 4.41. The number of nitrogens with one attached hydrogen (secondary N) is 1. The van der Waals surface area contributed by atoms with Crippen LogP contribution in [0.1, 0.15) is 19.3 Å². The SMILES string of the molecule is CN1CCCC2CN(C(=O)NC(CO)C(=O)O)CCC21. The summed E-state index contributed by atoms with van der Waals surface area (Å²) in [4.78, 5) is 26.9. The van der Waals surface area contributed by atoms with Gasteiger partial charge in [-0.15, -0.1) is 0 Å². The second-order valence-electron chi connectivity index (χ2n) is 5.71. The van der Waals surface area contributed by atoms with E-state index >= 15 is 0 Å². The van der Waals surface area contributed by atoms with Gasteiger partial charge in [-0.2, -0.15) is 0 Å². The fourth-order valence-electron chi connectivity index (χ4n) is 3.26. The molecule has 2 amide bonds. The summed E-state index contributed by atoms with van der Waals surface area (Å²) >= 11 is 0. The summed E-state index contributed by atoms with van der Waals surface area (Å²) in [5.74, 6) is -0.751. The van der Waals surface area contributed by atoms with Crippen molar-refractivity contribution in [1.82, 2.24) is 15.1 Å². The number of carbonyl (C=O) groups excluding carboxylic acids is 1. The van der Waals surface area contributed by atoms with Gasteiger partial charge in [-0.3, -0.25) is 0 Å². The van der Waals surface area contributed by atoms with Crippen LogP contribution < -0.4 is 5.32 Å². The summed E-state index contributed by atoms with van der Waals surface area (Å²) in [6.07, 6.45) is 3.17. The number of aliphatic hydroxyl groups is 1. The number of carboxylic acids is 1. The van der Waals surface area contributed by atoms with Gasteiger partial charge in [0.25, 0.3) is 0 Å². The molecule has 0 aromatic rings. The number of hydrogen-bond donors (Lipinski definition) is 3. The van der Waals surface area contributed by atoms with Crippen molar-refractivity contribution in [1.29, 1.82) is 0 Å². The Morgan fingerprint density at radius 1 is 1.35 bits per heavy atom. The number of carbonyl (C=O) groups is 2. The van der Waals surface area contributed by atoms with Crippen LogP contribution in [0.3, 0.4) is 0 Å². The van der Waals surface area contributed by atoms with Crippen molar-refractivity contribution in [3.05, 3.63) is 0 Å². The zero-order valence-corrected chi connectivity index (χ0v) is 11.8. The number of urea groups is 1. The summed E-state index contributed by atoms with van der Waals surface area (Å²) in [5, 5.41) is 20.2. The van der Waals surface area contributed by atoms with Gasteiger partial charge in [0.2, 0.25) is 0 Å². The van der Waals surface area contributed by atoms with E-state index in [1.165, 1.54) is 0 Å². The van der Waals surface area contributed by atoms with Gasteiger partial charge in [0, 0.05) is 19.1 Å². The molecule has 0 bridgehead atoms. The van der Waals surface area contributed by atoms with Gasteiger partial charge >= 0.3 is 12.0 Å². The monoisotopic (exact) mass is 285 g/mol. The van der Waals surface area contributed by atoms with Crippen molar-refractivity contribution in [3.8, 4) is 0 Å². The largest absolute Gasteiger partial charge is 0.480 e. The second kappa shape index (κ2) is 6.41. The smallest absolute Gasteiger partial charge is 0.328 e. The molecule has 2 saturated heterocycles. The van der Waals surface area contributed by atoms with E-state index in [0.717, 1.165) is 25.8 Å². The fraction of sp³-hybridized carbons (Fsp3) is 0.846. The van der Waals surface area contributed by atoms with E-state index in [0.29, 0.717) is 25.0 Å². The highest BCUT2D eigenvalue weighted by Gasteiger charge is 2.36. The molecule has 0 radical (unpaired) electrons. The molecule has 2 aliphatic rings. The molecule has 0 spiro atoms. The highest BCUT2D eigenvalue weighted by molar-refractivity contribution is 5.82. The molecule has 7 heteroatoms. The predicted molar refractivity (Wildman–Crippen MR) is 72.4 cm³/mol. The van der Waals surface area contributed by atoms with E-state index in [1.54, 1.807) is 4.90 Å². The molecule has 114 valence electrons. The number of amides is 2. The van der Waals surface area contributed by atoms with E-state index in [1.807, 2.05) is 0 Å². The van der Waals surface area contributed by atoms with Crippen LogP contribution in [0.4, 0.5) is 4.79 Å². The predicted octanol–water partition coefficient (Wildman–Crippen LogP) is -0.442. The molecule has 2 heterocycles. The first-order valence-electron chi connectivity index (χ1n) is 7.12. The van der Waals surface area contributed by atoms with Crippen LogP contribution >= 0.6 is 0 Å². The summed E-state index contributed by atoms with van der Waals surface area (Å²) in [7, 11) is 2.12. The van der Waals surface area contributed by atoms with E-state index in [-0.39, 0.29) is 0 Å². The summed E-state index contributed by atoms with van der Waals surface area (Å²) in [5.41, 5.74) is 0. The first-order valence-corrected chi connectivity index (χ1v) is 7.12. The Labute approximate surface area is 118 Å². The van der Waals surface area contributed by atoms with E-state index in [9.17, 15) is 9.59 Å². The van der Waals surface area contributed by atoms with Crippen LogP contribution in [0.2, 0.25) is 0 Å². The Morgan fingerprint density at radius 2 is 2.10 bits per heavy atom. The highest BCUT2D eigenvalue weighted by Crippen LogP contribution is 2.29. The van der Waals surface area contributed by atoms with Crippen LogP contribution in [0.25, 0.3) is 0 Å². The quantitative estimate of drug-likeness (QED) is 0.653. The maximum atomic E-state index is 12.1. The molecule has 0 aliphatic carbocycles. The van der Waals surface area contributed by atoms with Gasteiger partial charge < -0.3 is 25.3 Å². The third kappa shape index (κ3) is 3.21. The molecule has 7 nitrogen and oxygen atoms in total. The lowest BCUT2D eigenvalue weighted by Crippen LogP contribution is -2.57. The molecule has 20 heavy (non-hydrogen) atoms. The number of likely N-dealkylation sites (tertiary alicyclic amines) is 2. The van der Waals surface area contributed by atoms with Gasteiger partial charge in [0.05, 0.1) is 6.61 Å². The zero-order chi connectivity index (χ0) is 14.7. The minimum atomic E-state index is -1.23. The Bertz CT molecular complexity index is 377. The lowest BCUT2D eigenvalue weighted by Gasteiger charge is -2.45. The highest BCUT2D eigenvalue weighted by atomic mass is 16.4. The minimum Gasteiger partial charge on any atom is -0.480 e. The molecule has 2 aliphatic heterocycles. The molecular formula is C13H23N3O4. The standard InChI is InChI=1S/C13H23N3O4/c1-15-5-2-3-9-7-16(6-4-11(9)15)13(20)14-10(8-17)12(18)19/h9-11,17H,2-8H2,1H3,(H,14,20)(H,18,19). The Kier molecular flexibility index (Phi) is 4.82. The van der Waals surface area contributed by atoms with E-state index < -0.39 is 24.6 Å². The van der Waals surface area contributed by atoms with Crippen LogP contribution in [-0.4, -0.2) is 77.4 Å². The number of carboxylic acid groups (broad SMARTS) is 1. The molecule has 3 atom stereocenters. The summed E-state index contributed by atoms with van der Waals surface area (Å²) in [6, 6.07) is -1.09. The second-order valence-corrected chi connectivity index (χ2v) is 5.71. The number of hydrogen-bond acceptors (Lipinski definition) is 4. The summed E-state index contributed by atoms with van der Waals surface area (Å²) in [6.45, 7) is 1.82. The first kappa shape index (κ1) is 15.1. The lowest BCUT2D eigenvalue weighted by molar-refractivity contribution is -0.140. The van der Waals surface area contributed by atoms with E-state index in [2.05, 4.69) is 17.3 Å². The Balaban J connectivity index is 1.91. The maximum Gasteiger partial charge on any atom is 0.328 e. The van der Waals surface area contributed by atoms with Crippen molar-refractivity contribution in [2.75, 3.05) is 33.3 Å². The number of nitrogens with zero attached hydrogens (tertiary/aromatic N) is 2. The molecule has 3 unspecified atom stereocenters. The number of rotatable bonds is 3. The summed E-state index contributed by atoms with van der Waals surface area (Å²) < 4.78 is 0. The van der Waals surface area contributed by atoms with Crippen LogP contribution in [0, 0.1) is 5.92 Å². The third-order valence-corrected chi connectivity index (χ3v) is 4.41. The van der Waals surface area contributed by atoms with Crippen LogP contribution in [0.15, 0.2) is 0 Å². The molecule has 0 aromatic carbocycles. The average molecular weight is 285 g/mol. The van der Waals surface area contributed by atoms with E-state index in [4.69, 9.17) is 10.2 Å². The number of fused-ring (bicyclic) bond motifs is 1. The van der Waals surface area contributed by atoms with Crippen molar-refractivity contribution < 1.29 is 19.8 Å². The number of aliphatic hydroxyl groups excluding tert-OH is 1. The maximum absolute atomic E-state index is 12.1. The molecule has 0 saturated carbocycles.